The molecule has 2 N–H and O–H groups in total. The smallest absolute Gasteiger partial charge is 0.142 e. The van der Waals surface area contributed by atoms with Gasteiger partial charge in [-0.2, -0.15) is 0 Å². The van der Waals surface area contributed by atoms with Crippen LogP contribution in [0.1, 0.15) is 0 Å². The Labute approximate surface area is 120 Å². The Bertz CT molecular complexity index is 956. The fraction of sp³-hybridized carbons (Fsp3) is 0. The number of pyridine rings is 1. The lowest BCUT2D eigenvalue weighted by Crippen LogP contribution is -1.83. The van der Waals surface area contributed by atoms with Gasteiger partial charge >= 0.3 is 0 Å². The van der Waals surface area contributed by atoms with Crippen LogP contribution >= 0.6 is 0 Å². The molecule has 0 radical (unpaired) electrons. The predicted molar refractivity (Wildman–Crippen MR) is 81.5 cm³/mol. The number of hydrogen-bond donors (Lipinski definition) is 2. The number of benzene rings is 2. The minimum absolute atomic E-state index is 0.189. The second kappa shape index (κ2) is 4.24. The third-order valence-electron chi connectivity index (χ3n) is 3.58. The molecule has 4 nitrogen and oxygen atoms in total. The maximum Gasteiger partial charge on any atom is 0.142 e. The number of nitrogens with zero attached hydrogens (tertiary/aromatic N) is 2. The maximum atomic E-state index is 10.3. The van der Waals surface area contributed by atoms with Crippen LogP contribution in [0.4, 0.5) is 0 Å². The minimum atomic E-state index is 0.189. The molecular formula is C17H12N2O2. The number of aromatic hydroxyl groups is 2. The molecule has 0 aliphatic rings. The monoisotopic (exact) mass is 276 g/mol. The van der Waals surface area contributed by atoms with Crippen molar-refractivity contribution in [3.63, 3.8) is 0 Å². The molecule has 0 unspecified atom stereocenters. The largest absolute Gasteiger partial charge is 0.508 e. The standard InChI is InChI=1S/C17H12N2O2/c20-13-6-4-11(5-7-13)12-9-14-17(15(21)10-12)19-8-2-1-3-16(19)18-14/h1-10,20-21H. The zero-order valence-corrected chi connectivity index (χ0v) is 11.1. The number of hydrogen-bond acceptors (Lipinski definition) is 3. The number of fused-ring (bicyclic) bond motifs is 3. The van der Waals surface area contributed by atoms with E-state index < -0.39 is 0 Å². The van der Waals surface area contributed by atoms with Crippen LogP contribution in [-0.4, -0.2) is 19.6 Å². The van der Waals surface area contributed by atoms with Crippen molar-refractivity contribution >= 4 is 16.7 Å². The second-order valence-electron chi connectivity index (χ2n) is 4.95. The topological polar surface area (TPSA) is 57.8 Å². The van der Waals surface area contributed by atoms with E-state index >= 15 is 0 Å². The highest BCUT2D eigenvalue weighted by Crippen LogP contribution is 2.32. The Balaban J connectivity index is 2.00. The highest BCUT2D eigenvalue weighted by atomic mass is 16.3. The quantitative estimate of drug-likeness (QED) is 0.559. The zero-order chi connectivity index (χ0) is 14.4. The maximum absolute atomic E-state index is 10.3. The highest BCUT2D eigenvalue weighted by molar-refractivity contribution is 5.90. The van der Waals surface area contributed by atoms with Crippen molar-refractivity contribution in [3.05, 3.63) is 60.8 Å². The summed E-state index contributed by atoms with van der Waals surface area (Å²) in [5.41, 5.74) is 4.02. The Kier molecular flexibility index (Phi) is 2.38. The van der Waals surface area contributed by atoms with Crippen LogP contribution in [0.25, 0.3) is 27.8 Å². The number of phenols is 2. The van der Waals surface area contributed by atoms with E-state index in [0.717, 1.165) is 22.3 Å². The van der Waals surface area contributed by atoms with Crippen molar-refractivity contribution in [2.75, 3.05) is 0 Å². The molecule has 0 spiro atoms. The van der Waals surface area contributed by atoms with Gasteiger partial charge in [0, 0.05) is 6.20 Å². The van der Waals surface area contributed by atoms with Crippen molar-refractivity contribution in [2.24, 2.45) is 0 Å². The average molecular weight is 276 g/mol. The molecule has 4 aromatic rings. The van der Waals surface area contributed by atoms with E-state index in [1.54, 1.807) is 18.2 Å². The van der Waals surface area contributed by atoms with Crippen molar-refractivity contribution in [3.8, 4) is 22.6 Å². The van der Waals surface area contributed by atoms with Crippen LogP contribution in [0.15, 0.2) is 60.8 Å². The van der Waals surface area contributed by atoms with Crippen LogP contribution < -0.4 is 0 Å². The van der Waals surface area contributed by atoms with Crippen molar-refractivity contribution in [1.29, 1.82) is 0 Å². The van der Waals surface area contributed by atoms with Crippen LogP contribution in [0.5, 0.6) is 11.5 Å². The molecule has 0 amide bonds. The van der Waals surface area contributed by atoms with E-state index in [-0.39, 0.29) is 11.5 Å². The minimum Gasteiger partial charge on any atom is -0.508 e. The SMILES string of the molecule is Oc1ccc(-c2cc(O)c3c(c2)nc2ccccn23)cc1. The summed E-state index contributed by atoms with van der Waals surface area (Å²) in [6.07, 6.45) is 1.88. The van der Waals surface area contributed by atoms with Gasteiger partial charge in [-0.3, -0.25) is 4.40 Å². The lowest BCUT2D eigenvalue weighted by atomic mass is 10.0. The molecule has 2 aromatic heterocycles. The van der Waals surface area contributed by atoms with Gasteiger partial charge in [0.15, 0.2) is 0 Å². The van der Waals surface area contributed by atoms with Gasteiger partial charge < -0.3 is 10.2 Å². The molecule has 4 heteroatoms. The van der Waals surface area contributed by atoms with Gasteiger partial charge in [-0.15, -0.1) is 0 Å². The fourth-order valence-corrected chi connectivity index (χ4v) is 2.59. The lowest BCUT2D eigenvalue weighted by Gasteiger charge is -2.04. The molecule has 0 fully saturated rings. The molecule has 0 aliphatic carbocycles. The number of phenolic OH excluding ortho intramolecular Hbond substituents is 2. The molecule has 102 valence electrons. The fourth-order valence-electron chi connectivity index (χ4n) is 2.59. The van der Waals surface area contributed by atoms with Crippen LogP contribution in [-0.2, 0) is 0 Å². The van der Waals surface area contributed by atoms with Crippen molar-refractivity contribution < 1.29 is 10.2 Å². The molecule has 0 saturated carbocycles. The van der Waals surface area contributed by atoms with Crippen LogP contribution in [0.2, 0.25) is 0 Å². The number of rotatable bonds is 1. The predicted octanol–water partition coefficient (Wildman–Crippen LogP) is 3.57. The van der Waals surface area contributed by atoms with E-state index in [1.807, 2.05) is 47.0 Å². The molecular weight excluding hydrogens is 264 g/mol. The van der Waals surface area contributed by atoms with Gasteiger partial charge in [0.1, 0.15) is 22.7 Å². The third kappa shape index (κ3) is 1.80. The second-order valence-corrected chi connectivity index (χ2v) is 4.95. The van der Waals surface area contributed by atoms with Gasteiger partial charge in [-0.1, -0.05) is 18.2 Å². The summed E-state index contributed by atoms with van der Waals surface area (Å²) in [5.74, 6) is 0.408. The Morgan fingerprint density at radius 2 is 1.67 bits per heavy atom. The van der Waals surface area contributed by atoms with E-state index in [4.69, 9.17) is 0 Å². The molecule has 2 heterocycles. The highest BCUT2D eigenvalue weighted by Gasteiger charge is 2.11. The summed E-state index contributed by atoms with van der Waals surface area (Å²) in [6.45, 7) is 0. The van der Waals surface area contributed by atoms with E-state index in [9.17, 15) is 10.2 Å². The molecule has 4 rings (SSSR count). The Morgan fingerprint density at radius 3 is 2.48 bits per heavy atom. The van der Waals surface area contributed by atoms with Gasteiger partial charge in [0.25, 0.3) is 0 Å². The summed E-state index contributed by atoms with van der Waals surface area (Å²) in [6, 6.07) is 16.3. The van der Waals surface area contributed by atoms with E-state index in [0.29, 0.717) is 5.52 Å². The number of aromatic nitrogens is 2. The third-order valence-corrected chi connectivity index (χ3v) is 3.58. The van der Waals surface area contributed by atoms with E-state index in [1.165, 1.54) is 0 Å². The normalized spacial score (nSPS) is 11.2. The summed E-state index contributed by atoms with van der Waals surface area (Å²) in [7, 11) is 0. The Hall–Kier alpha value is -3.01. The average Bonchev–Trinajstić information content (AvgIpc) is 2.86. The van der Waals surface area contributed by atoms with Crippen LogP contribution in [0.3, 0.4) is 0 Å². The first-order chi connectivity index (χ1) is 10.2. The summed E-state index contributed by atoms with van der Waals surface area (Å²) < 4.78 is 1.87. The Morgan fingerprint density at radius 1 is 0.857 bits per heavy atom. The number of imidazole rings is 1. The van der Waals surface area contributed by atoms with Crippen molar-refractivity contribution in [2.45, 2.75) is 0 Å². The first-order valence-corrected chi connectivity index (χ1v) is 6.61. The summed E-state index contributed by atoms with van der Waals surface area (Å²) in [4.78, 5) is 4.53. The van der Waals surface area contributed by atoms with Crippen molar-refractivity contribution in [1.82, 2.24) is 9.38 Å². The van der Waals surface area contributed by atoms with Gasteiger partial charge in [0.2, 0.25) is 0 Å². The first kappa shape index (κ1) is 11.8. The molecule has 0 aliphatic heterocycles. The zero-order valence-electron chi connectivity index (χ0n) is 11.1. The van der Waals surface area contributed by atoms with Gasteiger partial charge in [-0.25, -0.2) is 4.98 Å². The summed E-state index contributed by atoms with van der Waals surface area (Å²) >= 11 is 0. The van der Waals surface area contributed by atoms with Gasteiger partial charge in [-0.05, 0) is 47.5 Å². The lowest BCUT2D eigenvalue weighted by molar-refractivity contribution is 0.475. The molecule has 21 heavy (non-hydrogen) atoms. The van der Waals surface area contributed by atoms with Gasteiger partial charge in [0.05, 0.1) is 5.52 Å². The van der Waals surface area contributed by atoms with Crippen LogP contribution in [0, 0.1) is 0 Å². The summed E-state index contributed by atoms with van der Waals surface area (Å²) in [5, 5.41) is 19.7. The molecule has 0 atom stereocenters. The molecule has 2 aromatic carbocycles. The molecule has 0 saturated heterocycles. The van der Waals surface area contributed by atoms with E-state index in [2.05, 4.69) is 4.98 Å². The first-order valence-electron chi connectivity index (χ1n) is 6.61. The molecule has 0 bridgehead atoms.